The molecule has 0 saturated heterocycles. The largest absolute Gasteiger partial charge is 0.467 e. The second kappa shape index (κ2) is 21.1. The molecular weight excluding hydrogens is 751 g/mol. The Morgan fingerprint density at radius 2 is 0.917 bits per heavy atom. The first-order chi connectivity index (χ1) is 29.2. The molecule has 0 radical (unpaired) electrons. The first-order valence-electron chi connectivity index (χ1n) is 20.1. The lowest BCUT2D eigenvalue weighted by Crippen LogP contribution is -2.58. The monoisotopic (exact) mass is 801 g/mol. The number of carbonyl (C=O) groups is 4. The van der Waals surface area contributed by atoms with Gasteiger partial charge in [0.05, 0.1) is 7.11 Å². The van der Waals surface area contributed by atoms with Crippen LogP contribution in [0.25, 0.3) is 10.8 Å². The number of ether oxygens (including phenoxy) is 1. The van der Waals surface area contributed by atoms with Crippen molar-refractivity contribution in [2.45, 2.75) is 49.9 Å². The zero-order valence-corrected chi connectivity index (χ0v) is 34.2. The molecule has 0 aliphatic heterocycles. The van der Waals surface area contributed by atoms with Gasteiger partial charge >= 0.3 is 5.97 Å². The van der Waals surface area contributed by atoms with E-state index >= 15 is 0 Å². The number of anilines is 1. The number of hydrogen-bond acceptors (Lipinski definition) is 7. The van der Waals surface area contributed by atoms with Crippen LogP contribution in [0.3, 0.4) is 0 Å². The number of fused-ring (bicyclic) bond motifs is 1. The molecule has 0 aliphatic rings. The minimum atomic E-state index is -1.10. The fourth-order valence-electron chi connectivity index (χ4n) is 7.15. The van der Waals surface area contributed by atoms with Crippen LogP contribution in [0.15, 0.2) is 163 Å². The second-order valence-electron chi connectivity index (χ2n) is 14.9. The van der Waals surface area contributed by atoms with Crippen molar-refractivity contribution < 1.29 is 23.9 Å². The molecule has 6 rings (SSSR count). The van der Waals surface area contributed by atoms with E-state index < -0.39 is 47.9 Å². The van der Waals surface area contributed by atoms with E-state index in [1.807, 2.05) is 166 Å². The van der Waals surface area contributed by atoms with Crippen molar-refractivity contribution in [3.8, 4) is 0 Å². The van der Waals surface area contributed by atoms with Gasteiger partial charge in [-0.15, -0.1) is 0 Å². The van der Waals surface area contributed by atoms with E-state index in [0.29, 0.717) is 0 Å². The van der Waals surface area contributed by atoms with Crippen molar-refractivity contribution in [1.82, 2.24) is 16.0 Å². The Bertz CT molecular complexity index is 2370. The molecule has 0 bridgehead atoms. The summed E-state index contributed by atoms with van der Waals surface area (Å²) in [6.07, 6.45) is 2.48. The molecular formula is C50H51N5O5. The first kappa shape index (κ1) is 42.5. The van der Waals surface area contributed by atoms with E-state index in [0.717, 1.165) is 44.3 Å². The number of hydrogen-bond donors (Lipinski definition) is 3. The van der Waals surface area contributed by atoms with Crippen LogP contribution in [-0.4, -0.2) is 75.3 Å². The average molecular weight is 802 g/mol. The van der Waals surface area contributed by atoms with Gasteiger partial charge in [-0.1, -0.05) is 152 Å². The summed E-state index contributed by atoms with van der Waals surface area (Å²) in [5.41, 5.74) is 5.25. The molecule has 60 heavy (non-hydrogen) atoms. The Labute approximate surface area is 351 Å². The zero-order valence-electron chi connectivity index (χ0n) is 34.2. The topological polar surface area (TPSA) is 129 Å². The van der Waals surface area contributed by atoms with Gasteiger partial charge in [-0.25, -0.2) is 4.79 Å². The molecule has 0 fully saturated rings. The summed E-state index contributed by atoms with van der Waals surface area (Å²) in [5, 5.41) is 10.8. The Kier molecular flexibility index (Phi) is 14.9. The second-order valence-corrected chi connectivity index (χ2v) is 14.9. The summed E-state index contributed by atoms with van der Waals surface area (Å²) in [6, 6.07) is 45.6. The smallest absolute Gasteiger partial charge is 0.328 e. The van der Waals surface area contributed by atoms with Crippen LogP contribution in [0.1, 0.15) is 27.8 Å². The third-order valence-electron chi connectivity index (χ3n) is 10.3. The maximum atomic E-state index is 14.5. The molecule has 0 spiro atoms. The molecule has 0 aromatic heterocycles. The van der Waals surface area contributed by atoms with Crippen LogP contribution in [0.2, 0.25) is 0 Å². The van der Waals surface area contributed by atoms with E-state index in [9.17, 15) is 19.2 Å². The molecule has 0 saturated carbocycles. The minimum absolute atomic E-state index is 0.130. The number of aliphatic imine (C=N–C) groups is 1. The maximum absolute atomic E-state index is 14.5. The normalized spacial score (nSPS) is 13.1. The number of carbonyl (C=O) groups excluding carboxylic acids is 4. The third kappa shape index (κ3) is 11.8. The summed E-state index contributed by atoms with van der Waals surface area (Å²) in [7, 11) is 5.27. The lowest BCUT2D eigenvalue weighted by atomic mass is 10.0. The van der Waals surface area contributed by atoms with Gasteiger partial charge in [0, 0.05) is 62.6 Å². The number of nitrogens with one attached hydrogen (secondary N) is 3. The predicted octanol–water partition coefficient (Wildman–Crippen LogP) is 6.29. The van der Waals surface area contributed by atoms with Gasteiger partial charge in [-0.05, 0) is 33.7 Å². The van der Waals surface area contributed by atoms with E-state index in [2.05, 4.69) is 26.9 Å². The SMILES string of the molecule is COC(=O)C(Cc1ccccc1)NC(=O)C(Cc1ccccc1)NC(=O)C(Cc1ccccc1)NC(=O)C(Cc1ccccc1)N=Cc1ccc(N(C)C)c2ccccc12. The van der Waals surface area contributed by atoms with Crippen LogP contribution in [0.5, 0.6) is 0 Å². The highest BCUT2D eigenvalue weighted by atomic mass is 16.5. The Balaban J connectivity index is 1.29. The number of methoxy groups -OCH3 is 1. The van der Waals surface area contributed by atoms with E-state index in [1.54, 1.807) is 6.21 Å². The highest BCUT2D eigenvalue weighted by Gasteiger charge is 2.32. The summed E-state index contributed by atoms with van der Waals surface area (Å²) in [6.45, 7) is 0. The highest BCUT2D eigenvalue weighted by molar-refractivity contribution is 6.05. The van der Waals surface area contributed by atoms with Crippen molar-refractivity contribution >= 4 is 46.4 Å². The maximum Gasteiger partial charge on any atom is 0.328 e. The molecule has 306 valence electrons. The Hall–Kier alpha value is -7.07. The van der Waals surface area contributed by atoms with Crippen LogP contribution in [0.4, 0.5) is 5.69 Å². The van der Waals surface area contributed by atoms with Crippen LogP contribution < -0.4 is 20.9 Å². The summed E-state index contributed by atoms with van der Waals surface area (Å²) in [5.74, 6) is -2.19. The molecule has 4 atom stereocenters. The highest BCUT2D eigenvalue weighted by Crippen LogP contribution is 2.28. The summed E-state index contributed by atoms with van der Waals surface area (Å²) >= 11 is 0. The van der Waals surface area contributed by atoms with E-state index in [4.69, 9.17) is 9.73 Å². The molecule has 6 aromatic carbocycles. The first-order valence-corrected chi connectivity index (χ1v) is 20.1. The van der Waals surface area contributed by atoms with E-state index in [1.165, 1.54) is 7.11 Å². The van der Waals surface area contributed by atoms with Crippen molar-refractivity contribution in [2.75, 3.05) is 26.1 Å². The molecule has 10 nitrogen and oxygen atoms in total. The van der Waals surface area contributed by atoms with Gasteiger partial charge in [0.2, 0.25) is 17.7 Å². The van der Waals surface area contributed by atoms with Crippen molar-refractivity contribution in [1.29, 1.82) is 0 Å². The molecule has 0 heterocycles. The number of rotatable bonds is 18. The zero-order chi connectivity index (χ0) is 42.3. The van der Waals surface area contributed by atoms with Gasteiger partial charge in [0.1, 0.15) is 24.2 Å². The van der Waals surface area contributed by atoms with Crippen molar-refractivity contribution in [2.24, 2.45) is 4.99 Å². The standard InChI is InChI=1S/C50H51N5O5/c1-55(2)46-29-28-39(40-26-16-17-27-41(40)46)34-51-42(30-35-18-8-4-9-19-35)47(56)52-43(31-36-20-10-5-11-21-36)48(57)53-44(32-37-22-12-6-13-23-37)49(58)54-45(50(59)60-3)33-38-24-14-7-15-25-38/h4-29,34,42-45H,30-33H2,1-3H3,(H,52,56)(H,53,57)(H,54,58). The summed E-state index contributed by atoms with van der Waals surface area (Å²) < 4.78 is 5.06. The number of esters is 1. The van der Waals surface area contributed by atoms with Crippen LogP contribution in [-0.2, 0) is 49.6 Å². The Morgan fingerprint density at radius 1 is 0.517 bits per heavy atom. The van der Waals surface area contributed by atoms with Crippen LogP contribution >= 0.6 is 0 Å². The minimum Gasteiger partial charge on any atom is -0.467 e. The van der Waals surface area contributed by atoms with Gasteiger partial charge in [0.25, 0.3) is 0 Å². The molecule has 6 aromatic rings. The fraction of sp³-hybridized carbons (Fsp3) is 0.220. The number of nitrogens with zero attached hydrogens (tertiary/aromatic N) is 2. The molecule has 3 amide bonds. The molecule has 0 aliphatic carbocycles. The van der Waals surface area contributed by atoms with Crippen molar-refractivity contribution in [3.63, 3.8) is 0 Å². The molecule has 10 heteroatoms. The van der Waals surface area contributed by atoms with Crippen LogP contribution in [0, 0.1) is 0 Å². The van der Waals surface area contributed by atoms with Gasteiger partial charge < -0.3 is 25.6 Å². The summed E-state index contributed by atoms with van der Waals surface area (Å²) in [4.78, 5) is 63.0. The number of benzene rings is 6. The van der Waals surface area contributed by atoms with Gasteiger partial charge in [0.15, 0.2) is 0 Å². The fourth-order valence-corrected chi connectivity index (χ4v) is 7.15. The van der Waals surface area contributed by atoms with Gasteiger partial charge in [-0.2, -0.15) is 0 Å². The molecule has 4 unspecified atom stereocenters. The lowest BCUT2D eigenvalue weighted by molar-refractivity contribution is -0.145. The van der Waals surface area contributed by atoms with Crippen molar-refractivity contribution in [3.05, 3.63) is 186 Å². The number of amides is 3. The molecule has 3 N–H and O–H groups in total. The quantitative estimate of drug-likeness (QED) is 0.0693. The van der Waals surface area contributed by atoms with E-state index in [-0.39, 0.29) is 25.7 Å². The Morgan fingerprint density at radius 3 is 1.38 bits per heavy atom. The lowest BCUT2D eigenvalue weighted by Gasteiger charge is -2.26. The predicted molar refractivity (Wildman–Crippen MR) is 238 cm³/mol. The average Bonchev–Trinajstić information content (AvgIpc) is 3.27. The van der Waals surface area contributed by atoms with Gasteiger partial charge in [-0.3, -0.25) is 19.4 Å². The third-order valence-corrected chi connectivity index (χ3v) is 10.3.